The number of benzene rings is 9. The summed E-state index contributed by atoms with van der Waals surface area (Å²) in [7, 11) is 0. The predicted octanol–water partition coefficient (Wildman–Crippen LogP) is 17.2. The van der Waals surface area contributed by atoms with Crippen molar-refractivity contribution < 1.29 is 4.42 Å². The van der Waals surface area contributed by atoms with E-state index >= 15 is 0 Å². The van der Waals surface area contributed by atoms with E-state index in [1.807, 2.05) is 6.07 Å². The molecule has 1 aromatic heterocycles. The maximum Gasteiger partial charge on any atom is 0.135 e. The van der Waals surface area contributed by atoms with Crippen molar-refractivity contribution in [1.82, 2.24) is 0 Å². The van der Waals surface area contributed by atoms with Crippen LogP contribution in [0.4, 0.5) is 11.4 Å². The van der Waals surface area contributed by atoms with Crippen molar-refractivity contribution in [1.29, 1.82) is 0 Å². The lowest BCUT2D eigenvalue weighted by atomic mass is 9.79. The van der Waals surface area contributed by atoms with Gasteiger partial charge in [-0.25, -0.2) is 0 Å². The van der Waals surface area contributed by atoms with Crippen molar-refractivity contribution in [3.05, 3.63) is 235 Å². The maximum atomic E-state index is 6.35. The average Bonchev–Trinajstić information content (AvgIpc) is 3.83. The lowest BCUT2D eigenvalue weighted by Gasteiger charge is -2.36. The summed E-state index contributed by atoms with van der Waals surface area (Å²) in [6.45, 7) is 7.18. The highest BCUT2D eigenvalue weighted by Crippen LogP contribution is 2.54. The number of furan rings is 1. The predicted molar refractivity (Wildman–Crippen MR) is 270 cm³/mol. The number of nitrogens with zero attached hydrogens (tertiary/aromatic N) is 1. The molecule has 0 N–H and O–H groups in total. The maximum absolute atomic E-state index is 6.35. The van der Waals surface area contributed by atoms with Crippen molar-refractivity contribution >= 4 is 49.7 Å². The van der Waals surface area contributed by atoms with E-state index in [0.29, 0.717) is 0 Å². The van der Waals surface area contributed by atoms with Crippen molar-refractivity contribution in [2.75, 3.05) is 4.90 Å². The van der Waals surface area contributed by atoms with E-state index < -0.39 is 0 Å². The molecule has 0 saturated carbocycles. The zero-order valence-corrected chi connectivity index (χ0v) is 36.3. The van der Waals surface area contributed by atoms with Crippen LogP contribution in [0.5, 0.6) is 0 Å². The van der Waals surface area contributed by atoms with E-state index in [9.17, 15) is 0 Å². The topological polar surface area (TPSA) is 16.4 Å². The SMILES string of the molecule is CC1CC=CC(N(c2ccccc2-c2ccc3oc4ccccc4c3c2)c2ccccc2-c2cccc3cccc(-c4ccccc4)c23)=C1c1cccc2c1-c1ccccc1C2(C)C. The molecule has 2 heteroatoms. The molecule has 0 radical (unpaired) electrons. The average molecular weight is 822 g/mol. The van der Waals surface area contributed by atoms with Crippen LogP contribution in [0.15, 0.2) is 222 Å². The summed E-state index contributed by atoms with van der Waals surface area (Å²) < 4.78 is 6.35. The van der Waals surface area contributed by atoms with E-state index in [-0.39, 0.29) is 11.3 Å². The molecule has 0 bridgehead atoms. The van der Waals surface area contributed by atoms with Crippen LogP contribution in [-0.2, 0) is 5.41 Å². The Morgan fingerprint density at radius 1 is 0.484 bits per heavy atom. The highest BCUT2D eigenvalue weighted by atomic mass is 16.3. The van der Waals surface area contributed by atoms with Gasteiger partial charge in [0.2, 0.25) is 0 Å². The quantitative estimate of drug-likeness (QED) is 0.159. The molecule has 2 aliphatic carbocycles. The van der Waals surface area contributed by atoms with Crippen LogP contribution < -0.4 is 4.90 Å². The minimum absolute atomic E-state index is 0.115. The van der Waals surface area contributed by atoms with Gasteiger partial charge in [0.15, 0.2) is 0 Å². The summed E-state index contributed by atoms with van der Waals surface area (Å²) in [6, 6.07) is 73.4. The van der Waals surface area contributed by atoms with E-state index in [0.717, 1.165) is 50.9 Å². The van der Waals surface area contributed by atoms with Crippen LogP contribution in [0, 0.1) is 5.92 Å². The number of hydrogen-bond donors (Lipinski definition) is 0. The van der Waals surface area contributed by atoms with E-state index in [1.165, 1.54) is 72.1 Å². The second kappa shape index (κ2) is 15.0. The van der Waals surface area contributed by atoms with Crippen molar-refractivity contribution in [3.8, 4) is 44.5 Å². The van der Waals surface area contributed by atoms with Gasteiger partial charge >= 0.3 is 0 Å². The molecular formula is C62H47NO. The zero-order chi connectivity index (χ0) is 42.9. The minimum Gasteiger partial charge on any atom is -0.456 e. The summed E-state index contributed by atoms with van der Waals surface area (Å²) in [6.07, 6.45) is 5.75. The number of allylic oxidation sites excluding steroid dienone is 3. The molecule has 0 aliphatic heterocycles. The molecule has 64 heavy (non-hydrogen) atoms. The van der Waals surface area contributed by atoms with Crippen LogP contribution in [-0.4, -0.2) is 0 Å². The highest BCUT2D eigenvalue weighted by molar-refractivity contribution is 6.10. The van der Waals surface area contributed by atoms with Gasteiger partial charge in [-0.05, 0) is 115 Å². The molecule has 0 saturated heterocycles. The normalized spacial score (nSPS) is 15.2. The molecule has 0 amide bonds. The summed E-state index contributed by atoms with van der Waals surface area (Å²) in [4.78, 5) is 2.58. The lowest BCUT2D eigenvalue weighted by molar-refractivity contribution is 0.660. The van der Waals surface area contributed by atoms with Gasteiger partial charge in [0, 0.05) is 33.0 Å². The number of rotatable bonds is 7. The third-order valence-electron chi connectivity index (χ3n) is 13.9. The molecule has 1 heterocycles. The molecule has 12 rings (SSSR count). The molecule has 2 aliphatic rings. The van der Waals surface area contributed by atoms with E-state index in [1.54, 1.807) is 0 Å². The molecule has 306 valence electrons. The van der Waals surface area contributed by atoms with Crippen molar-refractivity contribution in [2.24, 2.45) is 5.92 Å². The molecule has 0 spiro atoms. The van der Waals surface area contributed by atoms with E-state index in [4.69, 9.17) is 4.42 Å². The Bertz CT molecular complexity index is 3520. The minimum atomic E-state index is -0.115. The first-order valence-electron chi connectivity index (χ1n) is 22.6. The van der Waals surface area contributed by atoms with Gasteiger partial charge in [-0.3, -0.25) is 0 Å². The van der Waals surface area contributed by atoms with Crippen LogP contribution in [0.2, 0.25) is 0 Å². The van der Waals surface area contributed by atoms with Crippen LogP contribution in [0.1, 0.15) is 43.9 Å². The van der Waals surface area contributed by atoms with Gasteiger partial charge in [0.25, 0.3) is 0 Å². The smallest absolute Gasteiger partial charge is 0.135 e. The molecule has 9 aromatic carbocycles. The Morgan fingerprint density at radius 2 is 1.09 bits per heavy atom. The monoisotopic (exact) mass is 821 g/mol. The van der Waals surface area contributed by atoms with Crippen LogP contribution >= 0.6 is 0 Å². The number of anilines is 2. The fourth-order valence-electron chi connectivity index (χ4n) is 10.9. The molecule has 1 unspecified atom stereocenters. The Kier molecular flexibility index (Phi) is 8.91. The molecule has 0 fully saturated rings. The Labute approximate surface area is 375 Å². The standard InChI is InChI=1S/C62H47NO/c1-40-19-15-35-56(59(40)50-30-18-32-53-61(50)49-27-7-11-31-52(49)62(53,2)3)63(54-33-12-8-24-44(54)43-37-38-58-51(39-43)47-26-10-14-36-57(47)64-58)55-34-13-9-25-46(55)48-29-17-23-42-22-16-28-45(60(42)48)41-20-5-4-6-21-41/h4-18,20-40H,19H2,1-3H3. The van der Waals surface area contributed by atoms with Crippen LogP contribution in [0.3, 0.4) is 0 Å². The third-order valence-corrected chi connectivity index (χ3v) is 13.9. The first-order valence-corrected chi connectivity index (χ1v) is 22.6. The number of fused-ring (bicyclic) bond motifs is 7. The first kappa shape index (κ1) is 38.0. The molecule has 1 atom stereocenters. The summed E-state index contributed by atoms with van der Waals surface area (Å²) in [5.41, 5.74) is 20.3. The largest absolute Gasteiger partial charge is 0.456 e. The van der Waals surface area contributed by atoms with Gasteiger partial charge in [0.05, 0.1) is 11.4 Å². The summed E-state index contributed by atoms with van der Waals surface area (Å²) >= 11 is 0. The third kappa shape index (κ3) is 5.93. The van der Waals surface area contributed by atoms with Gasteiger partial charge in [0.1, 0.15) is 11.2 Å². The van der Waals surface area contributed by atoms with Gasteiger partial charge in [-0.1, -0.05) is 197 Å². The lowest BCUT2D eigenvalue weighted by Crippen LogP contribution is -2.22. The van der Waals surface area contributed by atoms with Crippen LogP contribution in [0.25, 0.3) is 82.8 Å². The van der Waals surface area contributed by atoms with Crippen molar-refractivity contribution in [3.63, 3.8) is 0 Å². The first-order chi connectivity index (χ1) is 31.5. The molecule has 2 nitrogen and oxygen atoms in total. The number of para-hydroxylation sites is 3. The second-order valence-corrected chi connectivity index (χ2v) is 18.0. The van der Waals surface area contributed by atoms with Gasteiger partial charge in [-0.2, -0.15) is 0 Å². The van der Waals surface area contributed by atoms with Gasteiger partial charge < -0.3 is 9.32 Å². The molecular weight excluding hydrogens is 775 g/mol. The Morgan fingerprint density at radius 3 is 1.92 bits per heavy atom. The Balaban J connectivity index is 1.17. The van der Waals surface area contributed by atoms with Gasteiger partial charge in [-0.15, -0.1) is 0 Å². The molecule has 10 aromatic rings. The fraction of sp³-hybridized carbons (Fsp3) is 0.0968. The Hall–Kier alpha value is -7.68. The highest BCUT2D eigenvalue weighted by Gasteiger charge is 2.38. The van der Waals surface area contributed by atoms with E-state index in [2.05, 4.69) is 232 Å². The zero-order valence-electron chi connectivity index (χ0n) is 36.3. The van der Waals surface area contributed by atoms with Crippen molar-refractivity contribution in [2.45, 2.75) is 32.6 Å². The summed E-state index contributed by atoms with van der Waals surface area (Å²) in [5.74, 6) is 0.250. The number of hydrogen-bond acceptors (Lipinski definition) is 2. The fourth-order valence-corrected chi connectivity index (χ4v) is 10.9. The summed E-state index contributed by atoms with van der Waals surface area (Å²) in [5, 5.41) is 4.70. The second-order valence-electron chi connectivity index (χ2n) is 18.0.